The molecular formula is C17H29IN4O. The standard InChI is InChI=1S/C17H28N4O.HI/c1-4-18-17(21-12-14(2)3)19-11-10-16(22)20-13-15-8-6-5-7-9-15;/h5-9,14H,4,10-13H2,1-3H3,(H,20,22)(H2,18,19,21);1H. The van der Waals surface area contributed by atoms with Crippen LogP contribution in [0.3, 0.4) is 0 Å². The van der Waals surface area contributed by atoms with Gasteiger partial charge in [0.15, 0.2) is 5.96 Å². The highest BCUT2D eigenvalue weighted by molar-refractivity contribution is 14.0. The molecule has 0 unspecified atom stereocenters. The molecule has 1 rings (SSSR count). The number of amides is 1. The minimum Gasteiger partial charge on any atom is -0.357 e. The van der Waals surface area contributed by atoms with Gasteiger partial charge in [0.05, 0.1) is 0 Å². The van der Waals surface area contributed by atoms with Crippen molar-refractivity contribution in [3.63, 3.8) is 0 Å². The van der Waals surface area contributed by atoms with E-state index in [9.17, 15) is 4.79 Å². The first kappa shape index (κ1) is 21.7. The average Bonchev–Trinajstić information content (AvgIpc) is 2.51. The number of benzene rings is 1. The molecule has 3 N–H and O–H groups in total. The van der Waals surface area contributed by atoms with Crippen LogP contribution in [-0.2, 0) is 11.3 Å². The molecule has 0 atom stereocenters. The average molecular weight is 432 g/mol. The molecule has 1 amide bonds. The summed E-state index contributed by atoms with van der Waals surface area (Å²) in [6.45, 7) is 9.01. The van der Waals surface area contributed by atoms with Crippen molar-refractivity contribution in [1.82, 2.24) is 16.0 Å². The Labute approximate surface area is 156 Å². The molecule has 1 aromatic rings. The summed E-state index contributed by atoms with van der Waals surface area (Å²) in [5.41, 5.74) is 1.11. The van der Waals surface area contributed by atoms with E-state index < -0.39 is 0 Å². The molecule has 0 bridgehead atoms. The van der Waals surface area contributed by atoms with Gasteiger partial charge in [-0.15, -0.1) is 24.0 Å². The first-order chi connectivity index (χ1) is 10.6. The summed E-state index contributed by atoms with van der Waals surface area (Å²) in [7, 11) is 0. The minimum atomic E-state index is 0. The summed E-state index contributed by atoms with van der Waals surface area (Å²) in [5.74, 6) is 1.33. The van der Waals surface area contributed by atoms with Crippen molar-refractivity contribution in [2.75, 3.05) is 19.6 Å². The molecule has 0 spiro atoms. The summed E-state index contributed by atoms with van der Waals surface area (Å²) in [5, 5.41) is 9.28. The lowest BCUT2D eigenvalue weighted by Gasteiger charge is -2.12. The van der Waals surface area contributed by atoms with Crippen LogP contribution in [0.1, 0.15) is 32.8 Å². The Balaban J connectivity index is 0.00000484. The number of nitrogens with one attached hydrogen (secondary N) is 3. The van der Waals surface area contributed by atoms with Crippen LogP contribution in [0.15, 0.2) is 35.3 Å². The maximum atomic E-state index is 11.8. The molecule has 0 heterocycles. The third kappa shape index (κ3) is 11.0. The van der Waals surface area contributed by atoms with E-state index in [0.717, 1.165) is 24.6 Å². The molecule has 0 aliphatic rings. The van der Waals surface area contributed by atoms with E-state index >= 15 is 0 Å². The fourth-order valence-electron chi connectivity index (χ4n) is 1.79. The maximum Gasteiger partial charge on any atom is 0.222 e. The molecule has 23 heavy (non-hydrogen) atoms. The van der Waals surface area contributed by atoms with Crippen molar-refractivity contribution in [2.24, 2.45) is 10.9 Å². The monoisotopic (exact) mass is 432 g/mol. The van der Waals surface area contributed by atoms with Crippen molar-refractivity contribution >= 4 is 35.8 Å². The highest BCUT2D eigenvalue weighted by Gasteiger charge is 2.03. The van der Waals surface area contributed by atoms with E-state index in [1.807, 2.05) is 37.3 Å². The predicted molar refractivity (Wildman–Crippen MR) is 107 cm³/mol. The van der Waals surface area contributed by atoms with Crippen LogP contribution in [0.4, 0.5) is 0 Å². The van der Waals surface area contributed by atoms with Crippen LogP contribution < -0.4 is 16.0 Å². The number of nitrogens with zero attached hydrogens (tertiary/aromatic N) is 1. The molecule has 1 aromatic carbocycles. The molecule has 0 saturated heterocycles. The Morgan fingerprint density at radius 2 is 1.83 bits per heavy atom. The second kappa shape index (κ2) is 13.2. The number of hydrogen-bond acceptors (Lipinski definition) is 2. The number of hydrogen-bond donors (Lipinski definition) is 3. The SMILES string of the molecule is CCNC(=NCC(C)C)NCCC(=O)NCc1ccccc1.I. The van der Waals surface area contributed by atoms with Gasteiger partial charge in [0.2, 0.25) is 5.91 Å². The zero-order valence-electron chi connectivity index (χ0n) is 14.3. The lowest BCUT2D eigenvalue weighted by Crippen LogP contribution is -2.39. The molecule has 0 aromatic heterocycles. The number of halogens is 1. The molecule has 130 valence electrons. The second-order valence-corrected chi connectivity index (χ2v) is 5.55. The third-order valence-corrected chi connectivity index (χ3v) is 2.94. The van der Waals surface area contributed by atoms with Gasteiger partial charge < -0.3 is 16.0 Å². The molecule has 0 saturated carbocycles. The Morgan fingerprint density at radius 3 is 2.43 bits per heavy atom. The van der Waals surface area contributed by atoms with Gasteiger partial charge in [-0.1, -0.05) is 44.2 Å². The van der Waals surface area contributed by atoms with Crippen LogP contribution in [-0.4, -0.2) is 31.5 Å². The van der Waals surface area contributed by atoms with Gasteiger partial charge in [-0.2, -0.15) is 0 Å². The van der Waals surface area contributed by atoms with Gasteiger partial charge in [-0.3, -0.25) is 9.79 Å². The van der Waals surface area contributed by atoms with Crippen molar-refractivity contribution < 1.29 is 4.79 Å². The van der Waals surface area contributed by atoms with Crippen molar-refractivity contribution in [3.05, 3.63) is 35.9 Å². The molecule has 5 nitrogen and oxygen atoms in total. The summed E-state index contributed by atoms with van der Waals surface area (Å²) in [6.07, 6.45) is 0.429. The topological polar surface area (TPSA) is 65.5 Å². The first-order valence-corrected chi connectivity index (χ1v) is 7.94. The lowest BCUT2D eigenvalue weighted by molar-refractivity contribution is -0.121. The molecular weight excluding hydrogens is 403 g/mol. The third-order valence-electron chi connectivity index (χ3n) is 2.94. The Bertz CT molecular complexity index is 463. The van der Waals surface area contributed by atoms with E-state index in [1.165, 1.54) is 0 Å². The number of carbonyl (C=O) groups is 1. The smallest absolute Gasteiger partial charge is 0.222 e. The summed E-state index contributed by atoms with van der Waals surface area (Å²) < 4.78 is 0. The van der Waals surface area contributed by atoms with Crippen LogP contribution in [0.25, 0.3) is 0 Å². The van der Waals surface area contributed by atoms with E-state index in [4.69, 9.17) is 0 Å². The Kier molecular flexibility index (Phi) is 12.4. The molecule has 0 radical (unpaired) electrons. The van der Waals surface area contributed by atoms with Crippen molar-refractivity contribution in [2.45, 2.75) is 33.7 Å². The van der Waals surface area contributed by atoms with Gasteiger partial charge in [0, 0.05) is 32.6 Å². The summed E-state index contributed by atoms with van der Waals surface area (Å²) in [6, 6.07) is 9.91. The molecule has 0 aliphatic carbocycles. The second-order valence-electron chi connectivity index (χ2n) is 5.55. The van der Waals surface area contributed by atoms with Crippen LogP contribution >= 0.6 is 24.0 Å². The fraction of sp³-hybridized carbons (Fsp3) is 0.529. The number of aliphatic imine (C=N–C) groups is 1. The van der Waals surface area contributed by atoms with E-state index in [2.05, 4.69) is 34.8 Å². The Morgan fingerprint density at radius 1 is 1.13 bits per heavy atom. The summed E-state index contributed by atoms with van der Waals surface area (Å²) >= 11 is 0. The van der Waals surface area contributed by atoms with Crippen molar-refractivity contribution in [1.29, 1.82) is 0 Å². The normalized spacial score (nSPS) is 10.9. The van der Waals surface area contributed by atoms with Gasteiger partial charge in [0.25, 0.3) is 0 Å². The van der Waals surface area contributed by atoms with Crippen LogP contribution in [0.5, 0.6) is 0 Å². The lowest BCUT2D eigenvalue weighted by atomic mass is 10.2. The van der Waals surface area contributed by atoms with E-state index in [1.54, 1.807) is 0 Å². The summed E-state index contributed by atoms with van der Waals surface area (Å²) in [4.78, 5) is 16.3. The predicted octanol–water partition coefficient (Wildman–Crippen LogP) is 2.52. The number of carbonyl (C=O) groups excluding carboxylic acids is 1. The van der Waals surface area contributed by atoms with Crippen LogP contribution in [0.2, 0.25) is 0 Å². The zero-order chi connectivity index (χ0) is 16.2. The number of guanidine groups is 1. The van der Waals surface area contributed by atoms with Gasteiger partial charge in [-0.05, 0) is 18.4 Å². The van der Waals surface area contributed by atoms with Crippen molar-refractivity contribution in [3.8, 4) is 0 Å². The minimum absolute atomic E-state index is 0. The highest BCUT2D eigenvalue weighted by Crippen LogP contribution is 1.97. The van der Waals surface area contributed by atoms with E-state index in [-0.39, 0.29) is 29.9 Å². The number of rotatable bonds is 8. The first-order valence-electron chi connectivity index (χ1n) is 7.94. The van der Waals surface area contributed by atoms with Gasteiger partial charge in [-0.25, -0.2) is 0 Å². The van der Waals surface area contributed by atoms with Gasteiger partial charge >= 0.3 is 0 Å². The highest BCUT2D eigenvalue weighted by atomic mass is 127. The Hall–Kier alpha value is -1.31. The van der Waals surface area contributed by atoms with E-state index in [0.29, 0.717) is 25.4 Å². The molecule has 6 heteroatoms. The largest absolute Gasteiger partial charge is 0.357 e. The van der Waals surface area contributed by atoms with Crippen LogP contribution in [0, 0.1) is 5.92 Å². The molecule has 0 fully saturated rings. The molecule has 0 aliphatic heterocycles. The van der Waals surface area contributed by atoms with Gasteiger partial charge in [0.1, 0.15) is 0 Å². The maximum absolute atomic E-state index is 11.8. The quantitative estimate of drug-likeness (QED) is 0.336. The zero-order valence-corrected chi connectivity index (χ0v) is 16.6. The fourth-order valence-corrected chi connectivity index (χ4v) is 1.79.